The van der Waals surface area contributed by atoms with Crippen LogP contribution in [0.25, 0.3) is 10.8 Å². The molecule has 0 saturated carbocycles. The highest BCUT2D eigenvalue weighted by Crippen LogP contribution is 2.40. The molecular formula is C36H33F2N5O2. The molecular weight excluding hydrogens is 572 g/mol. The van der Waals surface area contributed by atoms with E-state index in [-0.39, 0.29) is 25.1 Å². The van der Waals surface area contributed by atoms with E-state index in [0.29, 0.717) is 35.1 Å². The second-order valence-corrected chi connectivity index (χ2v) is 10.8. The molecule has 6 aromatic rings. The maximum atomic E-state index is 14.5. The molecule has 4 aromatic carbocycles. The number of halogens is 2. The summed E-state index contributed by atoms with van der Waals surface area (Å²) in [6, 6.07) is 32.4. The van der Waals surface area contributed by atoms with Gasteiger partial charge in [-0.3, -0.25) is 0 Å². The van der Waals surface area contributed by atoms with Gasteiger partial charge in [-0.05, 0) is 59.7 Å². The molecule has 45 heavy (non-hydrogen) atoms. The fraction of sp³-hybridized carbons (Fsp3) is 0.194. The van der Waals surface area contributed by atoms with E-state index in [4.69, 9.17) is 14.9 Å². The number of nitrogens with zero attached hydrogens (tertiary/aromatic N) is 4. The van der Waals surface area contributed by atoms with E-state index in [0.717, 1.165) is 22.8 Å². The molecule has 0 radical (unpaired) electrons. The number of aliphatic hydroxyl groups excluding tert-OH is 1. The average molecular weight is 606 g/mol. The van der Waals surface area contributed by atoms with Crippen molar-refractivity contribution in [1.29, 1.82) is 0 Å². The SMILES string of the molecule is CC(NCCCO)c1cnc(OCc2ncn(C(c3ccccc3)(c3ccccc3)c3ccccc3)n2)c2cc(F)c(F)cc12. The van der Waals surface area contributed by atoms with Crippen molar-refractivity contribution in [2.75, 3.05) is 13.2 Å². The topological polar surface area (TPSA) is 85.1 Å². The van der Waals surface area contributed by atoms with Crippen molar-refractivity contribution in [1.82, 2.24) is 25.1 Å². The van der Waals surface area contributed by atoms with Crippen LogP contribution in [0, 0.1) is 11.6 Å². The monoisotopic (exact) mass is 605 g/mol. The van der Waals surface area contributed by atoms with Crippen molar-refractivity contribution in [2.24, 2.45) is 0 Å². The Bertz CT molecular complexity index is 1770. The average Bonchev–Trinajstić information content (AvgIpc) is 3.55. The molecule has 2 N–H and O–H groups in total. The van der Waals surface area contributed by atoms with Crippen molar-refractivity contribution >= 4 is 10.8 Å². The number of rotatable bonds is 12. The molecule has 0 aliphatic rings. The van der Waals surface area contributed by atoms with E-state index in [1.54, 1.807) is 12.5 Å². The fourth-order valence-electron chi connectivity index (χ4n) is 5.79. The van der Waals surface area contributed by atoms with Crippen LogP contribution in [0.1, 0.15) is 47.5 Å². The summed E-state index contributed by atoms with van der Waals surface area (Å²) in [7, 11) is 0. The van der Waals surface area contributed by atoms with E-state index in [9.17, 15) is 8.78 Å². The van der Waals surface area contributed by atoms with Crippen molar-refractivity contribution in [2.45, 2.75) is 31.5 Å². The Kier molecular flexibility index (Phi) is 8.91. The number of nitrogens with one attached hydrogen (secondary N) is 1. The molecule has 2 heterocycles. The largest absolute Gasteiger partial charge is 0.469 e. The molecule has 0 saturated heterocycles. The van der Waals surface area contributed by atoms with Gasteiger partial charge in [-0.1, -0.05) is 91.0 Å². The third-order valence-electron chi connectivity index (χ3n) is 7.97. The Morgan fingerprint density at radius 1 is 0.822 bits per heavy atom. The normalized spacial score (nSPS) is 12.4. The van der Waals surface area contributed by atoms with Crippen LogP contribution in [0.15, 0.2) is 116 Å². The Labute approximate surface area is 260 Å². The van der Waals surface area contributed by atoms with Crippen LogP contribution in [0.5, 0.6) is 5.88 Å². The summed E-state index contributed by atoms with van der Waals surface area (Å²) in [6.07, 6.45) is 3.86. The predicted octanol–water partition coefficient (Wildman–Crippen LogP) is 6.56. The van der Waals surface area contributed by atoms with E-state index in [1.165, 1.54) is 6.07 Å². The third-order valence-corrected chi connectivity index (χ3v) is 7.97. The van der Waals surface area contributed by atoms with E-state index in [2.05, 4.69) is 51.7 Å². The molecule has 0 spiro atoms. The standard InChI is InChI=1S/C36H33F2N5O2/c1-25(39-18-11-19-44)31-22-40-35(30-21-33(38)32(37)20-29(30)31)45-23-34-41-24-43(42-34)36(26-12-5-2-6-13-26,27-14-7-3-8-15-27)28-16-9-4-10-17-28/h2-10,12-17,20-22,24-25,39,44H,11,18-19,23H2,1H3. The van der Waals surface area contributed by atoms with E-state index < -0.39 is 17.2 Å². The van der Waals surface area contributed by atoms with Gasteiger partial charge in [0.25, 0.3) is 0 Å². The first-order chi connectivity index (χ1) is 22.0. The van der Waals surface area contributed by atoms with Crippen LogP contribution >= 0.6 is 0 Å². The molecule has 6 rings (SSSR count). The predicted molar refractivity (Wildman–Crippen MR) is 169 cm³/mol. The van der Waals surface area contributed by atoms with Gasteiger partial charge in [0, 0.05) is 24.2 Å². The van der Waals surface area contributed by atoms with Crippen molar-refractivity contribution in [3.63, 3.8) is 0 Å². The van der Waals surface area contributed by atoms with Gasteiger partial charge in [0.1, 0.15) is 11.9 Å². The second-order valence-electron chi connectivity index (χ2n) is 10.8. The van der Waals surface area contributed by atoms with Gasteiger partial charge in [0.05, 0.1) is 0 Å². The number of fused-ring (bicyclic) bond motifs is 1. The summed E-state index contributed by atoms with van der Waals surface area (Å²) in [5.74, 6) is -1.41. The van der Waals surface area contributed by atoms with E-state index >= 15 is 0 Å². The fourth-order valence-corrected chi connectivity index (χ4v) is 5.79. The van der Waals surface area contributed by atoms with Gasteiger partial charge >= 0.3 is 0 Å². The minimum absolute atomic E-state index is 0.0494. The Morgan fingerprint density at radius 3 is 1.93 bits per heavy atom. The first-order valence-electron chi connectivity index (χ1n) is 14.8. The molecule has 0 aliphatic heterocycles. The minimum atomic E-state index is -0.993. The summed E-state index contributed by atoms with van der Waals surface area (Å²) < 4.78 is 36.8. The molecule has 0 amide bonds. The lowest BCUT2D eigenvalue weighted by atomic mass is 9.77. The van der Waals surface area contributed by atoms with Gasteiger partial charge in [0.15, 0.2) is 24.1 Å². The van der Waals surface area contributed by atoms with Gasteiger partial charge < -0.3 is 15.2 Å². The highest BCUT2D eigenvalue weighted by Gasteiger charge is 2.39. The quantitative estimate of drug-likeness (QED) is 0.122. The maximum Gasteiger partial charge on any atom is 0.221 e. The van der Waals surface area contributed by atoms with Crippen LogP contribution in [0.3, 0.4) is 0 Å². The van der Waals surface area contributed by atoms with Gasteiger partial charge in [-0.15, -0.1) is 0 Å². The lowest BCUT2D eigenvalue weighted by Gasteiger charge is -2.35. The number of hydrogen-bond donors (Lipinski definition) is 2. The lowest BCUT2D eigenvalue weighted by molar-refractivity contribution is 0.283. The molecule has 0 aliphatic carbocycles. The smallest absolute Gasteiger partial charge is 0.221 e. The molecule has 9 heteroatoms. The Morgan fingerprint density at radius 2 is 1.38 bits per heavy atom. The van der Waals surface area contributed by atoms with Crippen LogP contribution in [-0.4, -0.2) is 38.0 Å². The number of benzene rings is 4. The van der Waals surface area contributed by atoms with Crippen LogP contribution in [0.2, 0.25) is 0 Å². The third kappa shape index (κ3) is 5.92. The molecule has 0 bridgehead atoms. The number of aromatic nitrogens is 4. The van der Waals surface area contributed by atoms with E-state index in [1.807, 2.05) is 66.2 Å². The van der Waals surface area contributed by atoms with Gasteiger partial charge in [-0.25, -0.2) is 23.4 Å². The molecule has 2 aromatic heterocycles. The number of hydrogen-bond acceptors (Lipinski definition) is 6. The van der Waals surface area contributed by atoms with Crippen molar-refractivity contribution in [3.8, 4) is 5.88 Å². The molecule has 1 atom stereocenters. The Balaban J connectivity index is 1.37. The number of ether oxygens (including phenoxy) is 1. The van der Waals surface area contributed by atoms with Gasteiger partial charge in [0.2, 0.25) is 5.88 Å². The van der Waals surface area contributed by atoms with Crippen molar-refractivity contribution in [3.05, 3.63) is 155 Å². The highest BCUT2D eigenvalue weighted by molar-refractivity contribution is 5.90. The number of aliphatic hydroxyl groups is 1. The van der Waals surface area contributed by atoms with Gasteiger partial charge in [-0.2, -0.15) is 5.10 Å². The van der Waals surface area contributed by atoms with Crippen LogP contribution < -0.4 is 10.1 Å². The first kappa shape index (κ1) is 30.1. The molecule has 0 fully saturated rings. The number of pyridine rings is 1. The zero-order valence-electron chi connectivity index (χ0n) is 24.8. The second kappa shape index (κ2) is 13.3. The summed E-state index contributed by atoms with van der Waals surface area (Å²) in [5.41, 5.74) is 2.86. The summed E-state index contributed by atoms with van der Waals surface area (Å²) in [5, 5.41) is 18.1. The maximum absolute atomic E-state index is 14.5. The lowest BCUT2D eigenvalue weighted by Crippen LogP contribution is -2.38. The Hall–Kier alpha value is -4.99. The minimum Gasteiger partial charge on any atom is -0.469 e. The van der Waals surface area contributed by atoms with Crippen LogP contribution in [-0.2, 0) is 12.1 Å². The van der Waals surface area contributed by atoms with Crippen LogP contribution in [0.4, 0.5) is 8.78 Å². The van der Waals surface area contributed by atoms with Crippen molar-refractivity contribution < 1.29 is 18.6 Å². The summed E-state index contributed by atoms with van der Waals surface area (Å²) in [6.45, 7) is 2.47. The highest BCUT2D eigenvalue weighted by atomic mass is 19.2. The molecule has 7 nitrogen and oxygen atoms in total. The first-order valence-corrected chi connectivity index (χ1v) is 14.8. The zero-order chi connectivity index (χ0) is 31.2. The molecule has 1 unspecified atom stereocenters. The summed E-state index contributed by atoms with van der Waals surface area (Å²) in [4.78, 5) is 9.08. The molecule has 228 valence electrons. The summed E-state index contributed by atoms with van der Waals surface area (Å²) >= 11 is 0. The zero-order valence-corrected chi connectivity index (χ0v) is 24.8.